The standard InChI is InChI=1S/C11H17N3OS.2ClH/c1-7-9(16-6-13-7)10(15)14-11(2,5-12)8-3-4-8;;/h6,8H,3-5,12H2,1-2H3,(H,14,15);2*1H. The topological polar surface area (TPSA) is 68.0 Å². The van der Waals surface area contributed by atoms with E-state index in [4.69, 9.17) is 5.73 Å². The number of hydrogen-bond acceptors (Lipinski definition) is 4. The highest BCUT2D eigenvalue weighted by Gasteiger charge is 2.41. The molecular formula is C11H19Cl2N3OS. The molecule has 0 bridgehead atoms. The molecule has 1 aliphatic rings. The summed E-state index contributed by atoms with van der Waals surface area (Å²) in [4.78, 5) is 16.8. The third-order valence-corrected chi connectivity index (χ3v) is 4.18. The van der Waals surface area contributed by atoms with E-state index in [1.165, 1.54) is 11.3 Å². The average molecular weight is 312 g/mol. The van der Waals surface area contributed by atoms with Crippen molar-refractivity contribution in [3.05, 3.63) is 16.1 Å². The molecule has 0 aromatic carbocycles. The van der Waals surface area contributed by atoms with Crippen molar-refractivity contribution in [3.63, 3.8) is 0 Å². The monoisotopic (exact) mass is 311 g/mol. The normalized spacial score (nSPS) is 17.1. The summed E-state index contributed by atoms with van der Waals surface area (Å²) < 4.78 is 0. The summed E-state index contributed by atoms with van der Waals surface area (Å²) in [6.45, 7) is 4.36. The van der Waals surface area contributed by atoms with Gasteiger partial charge in [0.1, 0.15) is 4.88 Å². The van der Waals surface area contributed by atoms with Crippen LogP contribution in [0.15, 0.2) is 5.51 Å². The molecule has 1 aromatic rings. The number of nitrogens with two attached hydrogens (primary N) is 1. The molecule has 1 fully saturated rings. The number of rotatable bonds is 4. The number of halogens is 2. The van der Waals surface area contributed by atoms with Gasteiger partial charge in [0, 0.05) is 6.54 Å². The van der Waals surface area contributed by atoms with Crippen LogP contribution in [-0.4, -0.2) is 23.0 Å². The van der Waals surface area contributed by atoms with E-state index in [2.05, 4.69) is 10.3 Å². The van der Waals surface area contributed by atoms with Gasteiger partial charge in [-0.3, -0.25) is 4.79 Å². The molecule has 2 rings (SSSR count). The average Bonchev–Trinajstić information content (AvgIpc) is 3.02. The highest BCUT2D eigenvalue weighted by Crippen LogP contribution is 2.39. The number of nitrogens with one attached hydrogen (secondary N) is 1. The molecule has 0 saturated heterocycles. The number of aryl methyl sites for hydroxylation is 1. The Morgan fingerprint density at radius 3 is 2.61 bits per heavy atom. The van der Waals surface area contributed by atoms with Crippen molar-refractivity contribution in [2.45, 2.75) is 32.2 Å². The lowest BCUT2D eigenvalue weighted by molar-refractivity contribution is 0.0901. The van der Waals surface area contributed by atoms with Crippen LogP contribution in [0.3, 0.4) is 0 Å². The van der Waals surface area contributed by atoms with Crippen LogP contribution < -0.4 is 11.1 Å². The second-order valence-electron chi connectivity index (χ2n) is 4.62. The van der Waals surface area contributed by atoms with E-state index in [1.54, 1.807) is 5.51 Å². The zero-order chi connectivity index (χ0) is 11.8. The van der Waals surface area contributed by atoms with Crippen molar-refractivity contribution in [3.8, 4) is 0 Å². The van der Waals surface area contributed by atoms with Crippen molar-refractivity contribution in [2.75, 3.05) is 6.54 Å². The fourth-order valence-corrected chi connectivity index (χ4v) is 2.57. The van der Waals surface area contributed by atoms with Gasteiger partial charge in [-0.1, -0.05) is 0 Å². The zero-order valence-electron chi connectivity index (χ0n) is 10.4. The second-order valence-corrected chi connectivity index (χ2v) is 5.47. The van der Waals surface area contributed by atoms with E-state index in [1.807, 2.05) is 13.8 Å². The molecule has 1 amide bonds. The number of amides is 1. The first-order chi connectivity index (χ1) is 7.57. The molecule has 1 heterocycles. The summed E-state index contributed by atoms with van der Waals surface area (Å²) >= 11 is 1.38. The molecule has 4 nitrogen and oxygen atoms in total. The molecule has 1 saturated carbocycles. The van der Waals surface area contributed by atoms with Gasteiger partial charge in [-0.05, 0) is 32.6 Å². The van der Waals surface area contributed by atoms with Gasteiger partial charge >= 0.3 is 0 Å². The Kier molecular flexibility index (Phi) is 6.57. The Morgan fingerprint density at radius 1 is 1.61 bits per heavy atom. The summed E-state index contributed by atoms with van der Waals surface area (Å²) in [7, 11) is 0. The van der Waals surface area contributed by atoms with Gasteiger partial charge < -0.3 is 11.1 Å². The van der Waals surface area contributed by atoms with E-state index < -0.39 is 0 Å². The Bertz CT molecular complexity index is 409. The minimum Gasteiger partial charge on any atom is -0.345 e. The number of thiazole rings is 1. The number of carbonyl (C=O) groups is 1. The minimum absolute atomic E-state index is 0. The van der Waals surface area contributed by atoms with Crippen LogP contribution in [0.25, 0.3) is 0 Å². The first-order valence-electron chi connectivity index (χ1n) is 5.49. The molecule has 0 radical (unpaired) electrons. The van der Waals surface area contributed by atoms with Crippen LogP contribution in [0.5, 0.6) is 0 Å². The predicted octanol–water partition coefficient (Wildman–Crippen LogP) is 2.15. The summed E-state index contributed by atoms with van der Waals surface area (Å²) in [5.74, 6) is 0.495. The molecule has 1 aliphatic carbocycles. The van der Waals surface area contributed by atoms with Crippen molar-refractivity contribution >= 4 is 42.1 Å². The smallest absolute Gasteiger partial charge is 0.263 e. The van der Waals surface area contributed by atoms with Crippen molar-refractivity contribution < 1.29 is 4.79 Å². The molecule has 7 heteroatoms. The van der Waals surface area contributed by atoms with E-state index >= 15 is 0 Å². The fourth-order valence-electron chi connectivity index (χ4n) is 1.88. The van der Waals surface area contributed by atoms with Crippen molar-refractivity contribution in [1.29, 1.82) is 0 Å². The highest BCUT2D eigenvalue weighted by atomic mass is 35.5. The molecule has 0 aliphatic heterocycles. The SMILES string of the molecule is Cc1ncsc1C(=O)NC(C)(CN)C1CC1.Cl.Cl. The highest BCUT2D eigenvalue weighted by molar-refractivity contribution is 7.11. The van der Waals surface area contributed by atoms with Gasteiger partial charge in [0.25, 0.3) is 5.91 Å². The molecule has 104 valence electrons. The van der Waals surface area contributed by atoms with Crippen LogP contribution in [0.2, 0.25) is 0 Å². The lowest BCUT2D eigenvalue weighted by atomic mass is 9.96. The zero-order valence-corrected chi connectivity index (χ0v) is 12.9. The largest absolute Gasteiger partial charge is 0.345 e. The van der Waals surface area contributed by atoms with Gasteiger partial charge in [-0.15, -0.1) is 36.2 Å². The third kappa shape index (κ3) is 3.57. The maximum Gasteiger partial charge on any atom is 0.263 e. The molecule has 1 atom stereocenters. The van der Waals surface area contributed by atoms with E-state index in [0.29, 0.717) is 17.3 Å². The van der Waals surface area contributed by atoms with Crippen molar-refractivity contribution in [1.82, 2.24) is 10.3 Å². The molecule has 3 N–H and O–H groups in total. The summed E-state index contributed by atoms with van der Waals surface area (Å²) in [5.41, 5.74) is 7.99. The quantitative estimate of drug-likeness (QED) is 0.895. The van der Waals surface area contributed by atoms with E-state index in [9.17, 15) is 4.79 Å². The molecular weight excluding hydrogens is 293 g/mol. The van der Waals surface area contributed by atoms with E-state index in [-0.39, 0.29) is 36.3 Å². The second kappa shape index (κ2) is 6.70. The van der Waals surface area contributed by atoms with Crippen LogP contribution in [0.4, 0.5) is 0 Å². The first-order valence-corrected chi connectivity index (χ1v) is 6.37. The number of nitrogens with zero attached hydrogens (tertiary/aromatic N) is 1. The van der Waals surface area contributed by atoms with Gasteiger partial charge in [-0.25, -0.2) is 4.98 Å². The maximum absolute atomic E-state index is 12.0. The van der Waals surface area contributed by atoms with Gasteiger partial charge in [-0.2, -0.15) is 0 Å². The van der Waals surface area contributed by atoms with Crippen LogP contribution in [0, 0.1) is 12.8 Å². The minimum atomic E-state index is -0.256. The molecule has 18 heavy (non-hydrogen) atoms. The van der Waals surface area contributed by atoms with Gasteiger partial charge in [0.05, 0.1) is 16.7 Å². The lowest BCUT2D eigenvalue weighted by Crippen LogP contribution is -2.53. The van der Waals surface area contributed by atoms with E-state index in [0.717, 1.165) is 18.5 Å². The Morgan fingerprint density at radius 2 is 2.22 bits per heavy atom. The fraction of sp³-hybridized carbons (Fsp3) is 0.636. The summed E-state index contributed by atoms with van der Waals surface area (Å²) in [6, 6.07) is 0. The summed E-state index contributed by atoms with van der Waals surface area (Å²) in [5, 5.41) is 3.05. The Hall–Kier alpha value is -0.360. The van der Waals surface area contributed by atoms with Gasteiger partial charge in [0.2, 0.25) is 0 Å². The van der Waals surface area contributed by atoms with Crippen LogP contribution in [-0.2, 0) is 0 Å². The van der Waals surface area contributed by atoms with Gasteiger partial charge in [0.15, 0.2) is 0 Å². The molecule has 0 spiro atoms. The van der Waals surface area contributed by atoms with Crippen LogP contribution in [0.1, 0.15) is 35.1 Å². The Balaban J connectivity index is 0.00000144. The molecule has 1 unspecified atom stereocenters. The maximum atomic E-state index is 12.0. The first kappa shape index (κ1) is 17.6. The number of hydrogen-bond donors (Lipinski definition) is 2. The number of aromatic nitrogens is 1. The molecule has 1 aromatic heterocycles. The van der Waals surface area contributed by atoms with Crippen LogP contribution >= 0.6 is 36.2 Å². The summed E-state index contributed by atoms with van der Waals surface area (Å²) in [6.07, 6.45) is 2.32. The Labute approximate surface area is 124 Å². The van der Waals surface area contributed by atoms with Crippen molar-refractivity contribution in [2.24, 2.45) is 11.7 Å². The lowest BCUT2D eigenvalue weighted by Gasteiger charge is -2.29. The predicted molar refractivity (Wildman–Crippen MR) is 79.0 cm³/mol. The number of carbonyl (C=O) groups excluding carboxylic acids is 1. The third-order valence-electron chi connectivity index (χ3n) is 3.25.